The van der Waals surface area contributed by atoms with Crippen molar-refractivity contribution in [1.29, 1.82) is 0 Å². The molecule has 0 spiro atoms. The maximum absolute atomic E-state index is 13.0. The molecule has 0 amide bonds. The molecular formula is C12H10F2N2O2S. The number of carbonyl (C=O) groups is 1. The van der Waals surface area contributed by atoms with Crippen LogP contribution in [0, 0.1) is 18.6 Å². The van der Waals surface area contributed by atoms with Gasteiger partial charge in [-0.15, -0.1) is 11.3 Å². The van der Waals surface area contributed by atoms with E-state index in [-0.39, 0.29) is 12.2 Å². The summed E-state index contributed by atoms with van der Waals surface area (Å²) >= 11 is 1.18. The van der Waals surface area contributed by atoms with Crippen molar-refractivity contribution < 1.29 is 18.7 Å². The van der Waals surface area contributed by atoms with E-state index in [9.17, 15) is 13.6 Å². The molecule has 0 saturated heterocycles. The Labute approximate surface area is 111 Å². The van der Waals surface area contributed by atoms with Gasteiger partial charge in [0.15, 0.2) is 5.69 Å². The molecule has 4 nitrogen and oxygen atoms in total. The minimum absolute atomic E-state index is 0.0839. The highest BCUT2D eigenvalue weighted by Gasteiger charge is 2.15. The number of nitrogens with zero attached hydrogens (tertiary/aromatic N) is 1. The van der Waals surface area contributed by atoms with E-state index in [1.54, 1.807) is 6.92 Å². The van der Waals surface area contributed by atoms with Gasteiger partial charge in [0.2, 0.25) is 0 Å². The number of hydrogen-bond donors (Lipinski definition) is 2. The van der Waals surface area contributed by atoms with Gasteiger partial charge < -0.3 is 10.4 Å². The number of carboxylic acid groups (broad SMARTS) is 1. The molecule has 19 heavy (non-hydrogen) atoms. The Balaban J connectivity index is 2.16. The summed E-state index contributed by atoms with van der Waals surface area (Å²) in [5.41, 5.74) is 0.305. The van der Waals surface area contributed by atoms with E-state index >= 15 is 0 Å². The Hall–Kier alpha value is -2.02. The highest BCUT2D eigenvalue weighted by atomic mass is 32.1. The summed E-state index contributed by atoms with van der Waals surface area (Å²) in [7, 11) is 0. The molecule has 1 aromatic heterocycles. The SMILES string of the molecule is Cc1nc(C(=O)O)c(NCc2cc(F)cc(F)c2)s1. The topological polar surface area (TPSA) is 62.2 Å². The average molecular weight is 284 g/mol. The summed E-state index contributed by atoms with van der Waals surface area (Å²) < 4.78 is 26.0. The van der Waals surface area contributed by atoms with Crippen LogP contribution >= 0.6 is 11.3 Å². The van der Waals surface area contributed by atoms with Crippen molar-refractivity contribution in [3.8, 4) is 0 Å². The molecule has 1 heterocycles. The number of aromatic nitrogens is 1. The lowest BCUT2D eigenvalue weighted by Crippen LogP contribution is -2.05. The third-order valence-electron chi connectivity index (χ3n) is 2.31. The molecule has 0 radical (unpaired) electrons. The zero-order chi connectivity index (χ0) is 14.0. The van der Waals surface area contributed by atoms with Crippen LogP contribution in [0.15, 0.2) is 18.2 Å². The second kappa shape index (κ2) is 5.31. The third kappa shape index (κ3) is 3.25. The van der Waals surface area contributed by atoms with Crippen molar-refractivity contribution in [3.63, 3.8) is 0 Å². The van der Waals surface area contributed by atoms with E-state index in [1.807, 2.05) is 0 Å². The van der Waals surface area contributed by atoms with Crippen LogP contribution in [0.2, 0.25) is 0 Å². The Morgan fingerprint density at radius 1 is 1.37 bits per heavy atom. The Morgan fingerprint density at radius 2 is 2.00 bits per heavy atom. The van der Waals surface area contributed by atoms with Crippen molar-refractivity contribution in [1.82, 2.24) is 4.98 Å². The molecule has 7 heteroatoms. The first-order valence-corrected chi connectivity index (χ1v) is 6.17. The molecule has 0 bridgehead atoms. The van der Waals surface area contributed by atoms with Crippen molar-refractivity contribution in [2.75, 3.05) is 5.32 Å². The normalized spacial score (nSPS) is 10.5. The van der Waals surface area contributed by atoms with Gasteiger partial charge >= 0.3 is 5.97 Å². The van der Waals surface area contributed by atoms with Crippen LogP contribution in [-0.4, -0.2) is 16.1 Å². The highest BCUT2D eigenvalue weighted by molar-refractivity contribution is 7.16. The Bertz CT molecular complexity index is 608. The molecule has 100 valence electrons. The lowest BCUT2D eigenvalue weighted by Gasteiger charge is -2.05. The molecule has 0 fully saturated rings. The molecule has 0 unspecified atom stereocenters. The van der Waals surface area contributed by atoms with Gasteiger partial charge in [0.05, 0.1) is 5.01 Å². The number of aromatic carboxylic acids is 1. The summed E-state index contributed by atoms with van der Waals surface area (Å²) in [4.78, 5) is 14.8. The van der Waals surface area contributed by atoms with Crippen LogP contribution in [0.1, 0.15) is 21.1 Å². The predicted octanol–water partition coefficient (Wildman–Crippen LogP) is 3.04. The minimum Gasteiger partial charge on any atom is -0.476 e. The number of rotatable bonds is 4. The van der Waals surface area contributed by atoms with Gasteiger partial charge in [0, 0.05) is 12.6 Å². The van der Waals surface area contributed by atoms with E-state index in [0.717, 1.165) is 6.07 Å². The van der Waals surface area contributed by atoms with E-state index in [1.165, 1.54) is 23.5 Å². The number of halogens is 2. The first-order valence-electron chi connectivity index (χ1n) is 5.35. The fourth-order valence-electron chi connectivity index (χ4n) is 1.59. The average Bonchev–Trinajstić information content (AvgIpc) is 2.67. The van der Waals surface area contributed by atoms with Gasteiger partial charge in [0.1, 0.15) is 16.6 Å². The van der Waals surface area contributed by atoms with E-state index in [2.05, 4.69) is 10.3 Å². The summed E-state index contributed by atoms with van der Waals surface area (Å²) in [6, 6.07) is 3.15. The van der Waals surface area contributed by atoms with Gasteiger partial charge in [-0.2, -0.15) is 0 Å². The molecule has 0 atom stereocenters. The van der Waals surface area contributed by atoms with E-state index < -0.39 is 17.6 Å². The number of anilines is 1. The maximum atomic E-state index is 13.0. The predicted molar refractivity (Wildman–Crippen MR) is 67.5 cm³/mol. The molecule has 1 aromatic carbocycles. The number of thiazole rings is 1. The second-order valence-corrected chi connectivity index (χ2v) is 5.05. The number of benzene rings is 1. The lowest BCUT2D eigenvalue weighted by molar-refractivity contribution is 0.0692. The van der Waals surface area contributed by atoms with Gasteiger partial charge in [-0.1, -0.05) is 0 Å². The first kappa shape index (κ1) is 13.4. The Morgan fingerprint density at radius 3 is 2.58 bits per heavy atom. The second-order valence-electron chi connectivity index (χ2n) is 3.85. The number of carboxylic acids is 1. The number of hydrogen-bond acceptors (Lipinski definition) is 4. The molecule has 0 aliphatic carbocycles. The van der Waals surface area contributed by atoms with E-state index in [4.69, 9.17) is 5.11 Å². The van der Waals surface area contributed by atoms with Crippen molar-refractivity contribution in [3.05, 3.63) is 46.1 Å². The van der Waals surface area contributed by atoms with Crippen molar-refractivity contribution in [2.45, 2.75) is 13.5 Å². The minimum atomic E-state index is -1.14. The lowest BCUT2D eigenvalue weighted by atomic mass is 10.2. The van der Waals surface area contributed by atoms with Crippen molar-refractivity contribution in [2.24, 2.45) is 0 Å². The largest absolute Gasteiger partial charge is 0.476 e. The number of nitrogens with one attached hydrogen (secondary N) is 1. The molecule has 2 N–H and O–H groups in total. The zero-order valence-corrected chi connectivity index (χ0v) is 10.7. The van der Waals surface area contributed by atoms with Crippen LogP contribution < -0.4 is 5.32 Å². The molecule has 0 aliphatic rings. The Kier molecular flexibility index (Phi) is 3.75. The highest BCUT2D eigenvalue weighted by Crippen LogP contribution is 2.24. The molecular weight excluding hydrogens is 274 g/mol. The van der Waals surface area contributed by atoms with Crippen molar-refractivity contribution >= 4 is 22.3 Å². The van der Waals surface area contributed by atoms with Gasteiger partial charge in [-0.25, -0.2) is 18.6 Å². The first-order chi connectivity index (χ1) is 8.95. The quantitative estimate of drug-likeness (QED) is 0.906. The smallest absolute Gasteiger partial charge is 0.357 e. The fourth-order valence-corrected chi connectivity index (χ4v) is 2.39. The molecule has 0 aliphatic heterocycles. The maximum Gasteiger partial charge on any atom is 0.357 e. The third-order valence-corrected chi connectivity index (χ3v) is 3.24. The molecule has 0 saturated carbocycles. The summed E-state index contributed by atoms with van der Waals surface area (Å²) in [6.45, 7) is 1.81. The molecule has 2 aromatic rings. The summed E-state index contributed by atoms with van der Waals surface area (Å²) in [5, 5.41) is 12.7. The molecule has 2 rings (SSSR count). The van der Waals surface area contributed by atoms with Gasteiger partial charge in [0.25, 0.3) is 0 Å². The van der Waals surface area contributed by atoms with Gasteiger partial charge in [-0.05, 0) is 24.6 Å². The van der Waals surface area contributed by atoms with E-state index in [0.29, 0.717) is 15.6 Å². The monoisotopic (exact) mass is 284 g/mol. The summed E-state index contributed by atoms with van der Waals surface area (Å²) in [5.74, 6) is -2.48. The zero-order valence-electron chi connectivity index (χ0n) is 9.91. The fraction of sp³-hybridized carbons (Fsp3) is 0.167. The van der Waals surface area contributed by atoms with Crippen LogP contribution in [0.4, 0.5) is 13.8 Å². The summed E-state index contributed by atoms with van der Waals surface area (Å²) in [6.07, 6.45) is 0. The van der Waals surface area contributed by atoms with Crippen LogP contribution in [-0.2, 0) is 6.54 Å². The standard InChI is InChI=1S/C12H10F2N2O2S/c1-6-16-10(12(17)18)11(19-6)15-5-7-2-8(13)4-9(14)3-7/h2-4,15H,5H2,1H3,(H,17,18). The van der Waals surface area contributed by atoms with Gasteiger partial charge in [-0.3, -0.25) is 0 Å². The van der Waals surface area contributed by atoms with Crippen LogP contribution in [0.5, 0.6) is 0 Å². The number of aryl methyl sites for hydroxylation is 1. The van der Waals surface area contributed by atoms with Crippen LogP contribution in [0.25, 0.3) is 0 Å². The van der Waals surface area contributed by atoms with Crippen LogP contribution in [0.3, 0.4) is 0 Å².